The number of halogens is 2. The molecule has 1 aromatic carbocycles. The molecule has 1 fully saturated rings. The van der Waals surface area contributed by atoms with E-state index < -0.39 is 21.2 Å². The molecule has 0 bridgehead atoms. The number of anilines is 1. The Bertz CT molecular complexity index is 818. The first-order chi connectivity index (χ1) is 9.22. The molecule has 0 spiro atoms. The van der Waals surface area contributed by atoms with Crippen LogP contribution in [0.4, 0.5) is 10.3 Å². The van der Waals surface area contributed by atoms with Gasteiger partial charge in [-0.1, -0.05) is 11.6 Å². The zero-order valence-electron chi connectivity index (χ0n) is 10.7. The van der Waals surface area contributed by atoms with Crippen molar-refractivity contribution in [1.29, 1.82) is 0 Å². The predicted octanol–water partition coefficient (Wildman–Crippen LogP) is 1.94. The molecule has 0 radical (unpaired) electrons. The third-order valence-corrected chi connectivity index (χ3v) is 5.92. The molecule has 3 rings (SSSR count). The molecule has 1 atom stereocenters. The van der Waals surface area contributed by atoms with Gasteiger partial charge in [0.05, 0.1) is 33.1 Å². The number of sulfone groups is 1. The molecule has 2 aromatic rings. The van der Waals surface area contributed by atoms with E-state index in [4.69, 9.17) is 17.3 Å². The van der Waals surface area contributed by atoms with Crippen LogP contribution in [0.1, 0.15) is 13.3 Å². The van der Waals surface area contributed by atoms with Crippen molar-refractivity contribution >= 4 is 38.4 Å². The molecule has 5 nitrogen and oxygen atoms in total. The first-order valence-corrected chi connectivity index (χ1v) is 8.26. The molecule has 1 aromatic heterocycles. The summed E-state index contributed by atoms with van der Waals surface area (Å²) < 4.78 is 38.6. The zero-order chi connectivity index (χ0) is 14.7. The number of aromatic nitrogens is 2. The van der Waals surface area contributed by atoms with Crippen LogP contribution >= 0.6 is 11.6 Å². The van der Waals surface area contributed by atoms with E-state index in [1.165, 1.54) is 12.1 Å². The van der Waals surface area contributed by atoms with E-state index in [1.807, 2.05) is 6.92 Å². The van der Waals surface area contributed by atoms with Crippen LogP contribution in [0.25, 0.3) is 11.0 Å². The molecular formula is C12H13ClFN3O2S. The Labute approximate surface area is 120 Å². The number of fused-ring (bicyclic) bond motifs is 1. The molecule has 2 heterocycles. The Balaban J connectivity index is 2.27. The number of hydrogen-bond donors (Lipinski definition) is 1. The van der Waals surface area contributed by atoms with Crippen LogP contribution in [0.15, 0.2) is 12.1 Å². The summed E-state index contributed by atoms with van der Waals surface area (Å²) >= 11 is 5.80. The Morgan fingerprint density at radius 2 is 2.20 bits per heavy atom. The van der Waals surface area contributed by atoms with Crippen LogP contribution in [0.2, 0.25) is 5.02 Å². The van der Waals surface area contributed by atoms with E-state index in [0.29, 0.717) is 17.5 Å². The van der Waals surface area contributed by atoms with Gasteiger partial charge in [0.2, 0.25) is 5.95 Å². The van der Waals surface area contributed by atoms with Gasteiger partial charge in [0.15, 0.2) is 9.84 Å². The molecule has 8 heteroatoms. The van der Waals surface area contributed by atoms with Crippen LogP contribution in [0.3, 0.4) is 0 Å². The summed E-state index contributed by atoms with van der Waals surface area (Å²) in [5.74, 6) is -0.309. The number of nitrogens with two attached hydrogens (primary N) is 1. The third kappa shape index (κ3) is 1.96. The van der Waals surface area contributed by atoms with Gasteiger partial charge < -0.3 is 10.3 Å². The van der Waals surface area contributed by atoms with Crippen LogP contribution in [0, 0.1) is 5.82 Å². The van der Waals surface area contributed by atoms with E-state index in [0.717, 1.165) is 0 Å². The topological polar surface area (TPSA) is 78.0 Å². The molecule has 1 aliphatic heterocycles. The van der Waals surface area contributed by atoms with Gasteiger partial charge in [-0.15, -0.1) is 0 Å². The highest BCUT2D eigenvalue weighted by atomic mass is 35.5. The highest BCUT2D eigenvalue weighted by Crippen LogP contribution is 2.36. The van der Waals surface area contributed by atoms with Crippen molar-refractivity contribution in [2.45, 2.75) is 18.9 Å². The fraction of sp³-hybridized carbons (Fsp3) is 0.417. The molecule has 1 aliphatic rings. The maximum atomic E-state index is 13.5. The Kier molecular flexibility index (Phi) is 2.78. The summed E-state index contributed by atoms with van der Waals surface area (Å²) in [5, 5.41) is -0.0388. The van der Waals surface area contributed by atoms with Gasteiger partial charge in [0.1, 0.15) is 5.82 Å². The molecule has 2 N–H and O–H groups in total. The van der Waals surface area contributed by atoms with Crippen molar-refractivity contribution < 1.29 is 12.8 Å². The van der Waals surface area contributed by atoms with Crippen molar-refractivity contribution in [2.24, 2.45) is 0 Å². The number of rotatable bonds is 1. The maximum Gasteiger partial charge on any atom is 0.201 e. The predicted molar refractivity (Wildman–Crippen MR) is 76.0 cm³/mol. The van der Waals surface area contributed by atoms with Crippen LogP contribution in [-0.4, -0.2) is 29.5 Å². The van der Waals surface area contributed by atoms with Crippen molar-refractivity contribution in [3.8, 4) is 0 Å². The van der Waals surface area contributed by atoms with E-state index in [2.05, 4.69) is 4.98 Å². The molecule has 0 aliphatic carbocycles. The number of nitrogen functional groups attached to an aromatic ring is 1. The zero-order valence-corrected chi connectivity index (χ0v) is 12.3. The summed E-state index contributed by atoms with van der Waals surface area (Å²) in [5.41, 5.74) is 6.14. The summed E-state index contributed by atoms with van der Waals surface area (Å²) in [6, 6.07) is 2.64. The second-order valence-corrected chi connectivity index (χ2v) is 7.99. The second kappa shape index (κ2) is 4.08. The lowest BCUT2D eigenvalue weighted by Gasteiger charge is -2.26. The van der Waals surface area contributed by atoms with E-state index >= 15 is 0 Å². The SMILES string of the molecule is CC1(n2c(N)nc3cc(F)c(Cl)cc32)CCS(=O)(=O)C1. The van der Waals surface area contributed by atoms with Gasteiger partial charge >= 0.3 is 0 Å². The molecule has 20 heavy (non-hydrogen) atoms. The quantitative estimate of drug-likeness (QED) is 0.872. The Hall–Kier alpha value is -1.34. The monoisotopic (exact) mass is 317 g/mol. The highest BCUT2D eigenvalue weighted by molar-refractivity contribution is 7.91. The molecule has 108 valence electrons. The number of benzene rings is 1. The minimum atomic E-state index is -3.09. The fourth-order valence-electron chi connectivity index (χ4n) is 2.83. The second-order valence-electron chi connectivity index (χ2n) is 5.40. The van der Waals surface area contributed by atoms with E-state index in [9.17, 15) is 12.8 Å². The van der Waals surface area contributed by atoms with Gasteiger partial charge in [-0.3, -0.25) is 0 Å². The summed E-state index contributed by atoms with van der Waals surface area (Å²) in [7, 11) is -3.09. The van der Waals surface area contributed by atoms with Gasteiger partial charge in [0, 0.05) is 6.07 Å². The van der Waals surface area contributed by atoms with Crippen molar-refractivity contribution in [2.75, 3.05) is 17.2 Å². The van der Waals surface area contributed by atoms with E-state index in [-0.39, 0.29) is 22.5 Å². The minimum Gasteiger partial charge on any atom is -0.369 e. The van der Waals surface area contributed by atoms with Crippen molar-refractivity contribution in [3.63, 3.8) is 0 Å². The standard InChI is InChI=1S/C12H13ClFN3O2S/c1-12(2-3-20(18,19)6-12)17-10-4-7(13)8(14)5-9(10)16-11(17)15/h4-5H,2-3,6H2,1H3,(H2,15,16). The third-order valence-electron chi connectivity index (χ3n) is 3.74. The van der Waals surface area contributed by atoms with Crippen LogP contribution in [-0.2, 0) is 15.4 Å². The first-order valence-electron chi connectivity index (χ1n) is 6.06. The molecular weight excluding hydrogens is 305 g/mol. The van der Waals surface area contributed by atoms with E-state index in [1.54, 1.807) is 4.57 Å². The number of hydrogen-bond acceptors (Lipinski definition) is 4. The summed E-state index contributed by atoms with van der Waals surface area (Å²) in [6.07, 6.45) is 0.444. The van der Waals surface area contributed by atoms with Crippen molar-refractivity contribution in [1.82, 2.24) is 9.55 Å². The summed E-state index contributed by atoms with van der Waals surface area (Å²) in [6.45, 7) is 1.81. The van der Waals surface area contributed by atoms with Crippen LogP contribution < -0.4 is 5.73 Å². The largest absolute Gasteiger partial charge is 0.369 e. The maximum absolute atomic E-state index is 13.5. The Morgan fingerprint density at radius 3 is 2.80 bits per heavy atom. The van der Waals surface area contributed by atoms with Crippen molar-refractivity contribution in [3.05, 3.63) is 23.0 Å². The van der Waals surface area contributed by atoms with Gasteiger partial charge in [0.25, 0.3) is 0 Å². The number of nitrogens with zero attached hydrogens (tertiary/aromatic N) is 2. The Morgan fingerprint density at radius 1 is 1.50 bits per heavy atom. The molecule has 1 saturated heterocycles. The normalized spacial score (nSPS) is 25.4. The van der Waals surface area contributed by atoms with Crippen LogP contribution in [0.5, 0.6) is 0 Å². The average molecular weight is 318 g/mol. The lowest BCUT2D eigenvalue weighted by atomic mass is 10.0. The lowest BCUT2D eigenvalue weighted by Crippen LogP contribution is -2.32. The average Bonchev–Trinajstić information content (AvgIpc) is 2.77. The lowest BCUT2D eigenvalue weighted by molar-refractivity contribution is 0.381. The first kappa shape index (κ1) is 13.6. The van der Waals surface area contributed by atoms with Gasteiger partial charge in [-0.2, -0.15) is 0 Å². The minimum absolute atomic E-state index is 0.00927. The van der Waals surface area contributed by atoms with Gasteiger partial charge in [-0.05, 0) is 19.4 Å². The molecule has 0 amide bonds. The molecule has 0 saturated carbocycles. The highest BCUT2D eigenvalue weighted by Gasteiger charge is 2.41. The molecule has 1 unspecified atom stereocenters. The number of imidazole rings is 1. The summed E-state index contributed by atoms with van der Waals surface area (Å²) in [4.78, 5) is 4.10. The van der Waals surface area contributed by atoms with Gasteiger partial charge in [-0.25, -0.2) is 17.8 Å². The fourth-order valence-corrected chi connectivity index (χ4v) is 5.10. The smallest absolute Gasteiger partial charge is 0.201 e.